The summed E-state index contributed by atoms with van der Waals surface area (Å²) in [7, 11) is 0. The standard InChI is InChI=1S/C12H16N2O3S/c1-7(2)14(6-10(13)18)12(17)8-4-3-5-9(15)11(8)16/h3-5,7,15-16H,6H2,1-2H3,(H2,13,18). The Hall–Kier alpha value is -1.82. The molecule has 0 heterocycles. The van der Waals surface area contributed by atoms with E-state index >= 15 is 0 Å². The van der Waals surface area contributed by atoms with Crippen molar-refractivity contribution >= 4 is 23.1 Å². The van der Waals surface area contributed by atoms with Gasteiger partial charge in [-0.25, -0.2) is 0 Å². The Bertz CT molecular complexity index is 474. The summed E-state index contributed by atoms with van der Waals surface area (Å²) in [5, 5.41) is 19.1. The molecule has 0 aliphatic rings. The molecule has 0 saturated heterocycles. The Morgan fingerprint density at radius 3 is 2.56 bits per heavy atom. The highest BCUT2D eigenvalue weighted by atomic mass is 32.1. The van der Waals surface area contributed by atoms with Gasteiger partial charge in [0, 0.05) is 6.04 Å². The molecule has 6 heteroatoms. The van der Waals surface area contributed by atoms with E-state index in [1.54, 1.807) is 0 Å². The summed E-state index contributed by atoms with van der Waals surface area (Å²) in [5.74, 6) is -1.19. The fourth-order valence-electron chi connectivity index (χ4n) is 1.52. The van der Waals surface area contributed by atoms with Gasteiger partial charge >= 0.3 is 0 Å². The third-order valence-corrected chi connectivity index (χ3v) is 2.58. The lowest BCUT2D eigenvalue weighted by Gasteiger charge is -2.26. The van der Waals surface area contributed by atoms with Crippen LogP contribution in [0.15, 0.2) is 18.2 Å². The van der Waals surface area contributed by atoms with E-state index in [0.29, 0.717) is 0 Å². The molecule has 1 aromatic rings. The number of phenolic OH excluding ortho intramolecular Hbond substituents is 2. The fourth-order valence-corrected chi connectivity index (χ4v) is 1.65. The number of thiocarbonyl (C=S) groups is 1. The molecule has 0 aliphatic carbocycles. The van der Waals surface area contributed by atoms with Crippen LogP contribution in [0.4, 0.5) is 0 Å². The van der Waals surface area contributed by atoms with Crippen LogP contribution in [0, 0.1) is 0 Å². The Balaban J connectivity index is 3.10. The van der Waals surface area contributed by atoms with Gasteiger partial charge in [0.05, 0.1) is 17.1 Å². The van der Waals surface area contributed by atoms with Crippen LogP contribution in [-0.4, -0.2) is 38.6 Å². The monoisotopic (exact) mass is 268 g/mol. The maximum absolute atomic E-state index is 12.2. The summed E-state index contributed by atoms with van der Waals surface area (Å²) in [5.41, 5.74) is 5.47. The minimum atomic E-state index is -0.434. The molecule has 0 aromatic heterocycles. The van der Waals surface area contributed by atoms with Crippen molar-refractivity contribution in [1.29, 1.82) is 0 Å². The normalized spacial score (nSPS) is 10.4. The lowest BCUT2D eigenvalue weighted by molar-refractivity contribution is 0.0732. The number of nitrogens with two attached hydrogens (primary N) is 1. The summed E-state index contributed by atoms with van der Waals surface area (Å²) >= 11 is 4.79. The summed E-state index contributed by atoms with van der Waals surface area (Å²) in [6, 6.07) is 4.11. The number of rotatable bonds is 4. The van der Waals surface area contributed by atoms with Gasteiger partial charge < -0.3 is 20.8 Å². The van der Waals surface area contributed by atoms with Crippen LogP contribution in [0.5, 0.6) is 11.5 Å². The SMILES string of the molecule is CC(C)N(CC(N)=S)C(=O)c1cccc(O)c1O. The van der Waals surface area contributed by atoms with Crippen LogP contribution < -0.4 is 5.73 Å². The molecule has 0 atom stereocenters. The number of aromatic hydroxyl groups is 2. The molecule has 1 amide bonds. The average molecular weight is 268 g/mol. The van der Waals surface area contributed by atoms with Gasteiger partial charge in [0.15, 0.2) is 11.5 Å². The predicted octanol–water partition coefficient (Wildman–Crippen LogP) is 1.23. The van der Waals surface area contributed by atoms with E-state index in [1.165, 1.54) is 23.1 Å². The lowest BCUT2D eigenvalue weighted by atomic mass is 10.1. The second-order valence-corrected chi connectivity index (χ2v) is 4.69. The zero-order chi connectivity index (χ0) is 13.9. The lowest BCUT2D eigenvalue weighted by Crippen LogP contribution is -2.42. The molecule has 1 aromatic carbocycles. The van der Waals surface area contributed by atoms with Gasteiger partial charge in [0.2, 0.25) is 0 Å². The summed E-state index contributed by atoms with van der Waals surface area (Å²) in [6.45, 7) is 3.76. The third kappa shape index (κ3) is 3.10. The Morgan fingerprint density at radius 2 is 2.06 bits per heavy atom. The second kappa shape index (κ2) is 5.68. The predicted molar refractivity (Wildman–Crippen MR) is 72.7 cm³/mol. The molecule has 0 saturated carbocycles. The number of hydrogen-bond donors (Lipinski definition) is 3. The maximum atomic E-state index is 12.2. The molecule has 0 spiro atoms. The Morgan fingerprint density at radius 1 is 1.44 bits per heavy atom. The highest BCUT2D eigenvalue weighted by Crippen LogP contribution is 2.29. The zero-order valence-corrected chi connectivity index (χ0v) is 11.1. The van der Waals surface area contributed by atoms with Crippen LogP contribution in [0.25, 0.3) is 0 Å². The Kier molecular flexibility index (Phi) is 4.49. The minimum absolute atomic E-state index is 0.0277. The fraction of sp³-hybridized carbons (Fsp3) is 0.333. The molecule has 98 valence electrons. The van der Waals surface area contributed by atoms with E-state index < -0.39 is 11.7 Å². The van der Waals surface area contributed by atoms with Crippen molar-refractivity contribution in [2.75, 3.05) is 6.54 Å². The van der Waals surface area contributed by atoms with Gasteiger partial charge in [0.1, 0.15) is 0 Å². The second-order valence-electron chi connectivity index (χ2n) is 4.17. The van der Waals surface area contributed by atoms with Gasteiger partial charge in [-0.2, -0.15) is 0 Å². The highest BCUT2D eigenvalue weighted by molar-refractivity contribution is 7.80. The quantitative estimate of drug-likeness (QED) is 0.565. The van der Waals surface area contributed by atoms with Crippen LogP contribution >= 0.6 is 12.2 Å². The maximum Gasteiger partial charge on any atom is 0.258 e. The van der Waals surface area contributed by atoms with E-state index in [1.807, 2.05) is 13.8 Å². The summed E-state index contributed by atoms with van der Waals surface area (Å²) < 4.78 is 0. The number of para-hydroxylation sites is 1. The van der Waals surface area contributed by atoms with E-state index in [-0.39, 0.29) is 28.9 Å². The first kappa shape index (κ1) is 14.2. The van der Waals surface area contributed by atoms with Crippen molar-refractivity contribution in [2.45, 2.75) is 19.9 Å². The first-order valence-corrected chi connectivity index (χ1v) is 5.85. The number of carbonyl (C=O) groups is 1. The molecule has 18 heavy (non-hydrogen) atoms. The van der Waals surface area contributed by atoms with Crippen LogP contribution in [0.1, 0.15) is 24.2 Å². The van der Waals surface area contributed by atoms with E-state index in [9.17, 15) is 15.0 Å². The van der Waals surface area contributed by atoms with Gasteiger partial charge in [-0.1, -0.05) is 18.3 Å². The topological polar surface area (TPSA) is 86.8 Å². The van der Waals surface area contributed by atoms with Gasteiger partial charge in [-0.3, -0.25) is 4.79 Å². The molecule has 0 unspecified atom stereocenters. The van der Waals surface area contributed by atoms with Crippen molar-refractivity contribution in [3.05, 3.63) is 23.8 Å². The molecular formula is C12H16N2O3S. The van der Waals surface area contributed by atoms with Crippen molar-refractivity contribution in [3.8, 4) is 11.5 Å². The van der Waals surface area contributed by atoms with E-state index in [4.69, 9.17) is 18.0 Å². The van der Waals surface area contributed by atoms with Crippen molar-refractivity contribution < 1.29 is 15.0 Å². The first-order valence-electron chi connectivity index (χ1n) is 5.44. The highest BCUT2D eigenvalue weighted by Gasteiger charge is 2.23. The molecule has 0 bridgehead atoms. The number of phenols is 2. The van der Waals surface area contributed by atoms with Crippen molar-refractivity contribution in [3.63, 3.8) is 0 Å². The van der Waals surface area contributed by atoms with E-state index in [2.05, 4.69) is 0 Å². The number of benzene rings is 1. The first-order chi connectivity index (χ1) is 8.34. The van der Waals surface area contributed by atoms with Gasteiger partial charge in [-0.05, 0) is 26.0 Å². The van der Waals surface area contributed by atoms with Gasteiger partial charge in [0.25, 0.3) is 5.91 Å². The molecule has 4 N–H and O–H groups in total. The number of amides is 1. The number of hydrogen-bond acceptors (Lipinski definition) is 4. The molecule has 1 rings (SSSR count). The largest absolute Gasteiger partial charge is 0.504 e. The molecule has 5 nitrogen and oxygen atoms in total. The minimum Gasteiger partial charge on any atom is -0.504 e. The molecule has 0 aliphatic heterocycles. The Labute approximate surface area is 111 Å². The van der Waals surface area contributed by atoms with Crippen molar-refractivity contribution in [2.24, 2.45) is 5.73 Å². The van der Waals surface area contributed by atoms with Crippen molar-refractivity contribution in [1.82, 2.24) is 4.90 Å². The zero-order valence-electron chi connectivity index (χ0n) is 10.3. The molecule has 0 fully saturated rings. The summed E-state index contributed by atoms with van der Waals surface area (Å²) in [6.07, 6.45) is 0. The molecule has 0 radical (unpaired) electrons. The summed E-state index contributed by atoms with van der Waals surface area (Å²) in [4.78, 5) is 13.9. The van der Waals surface area contributed by atoms with Crippen LogP contribution in [-0.2, 0) is 0 Å². The smallest absolute Gasteiger partial charge is 0.258 e. The third-order valence-electron chi connectivity index (χ3n) is 2.46. The van der Waals surface area contributed by atoms with E-state index in [0.717, 1.165) is 0 Å². The number of carbonyl (C=O) groups excluding carboxylic acids is 1. The average Bonchev–Trinajstić information content (AvgIpc) is 2.28. The number of nitrogens with zero attached hydrogens (tertiary/aromatic N) is 1. The molecular weight excluding hydrogens is 252 g/mol. The van der Waals surface area contributed by atoms with Gasteiger partial charge in [-0.15, -0.1) is 0 Å². The van der Waals surface area contributed by atoms with Crippen LogP contribution in [0.3, 0.4) is 0 Å². The van der Waals surface area contributed by atoms with Crippen LogP contribution in [0.2, 0.25) is 0 Å².